The molecule has 5 heteroatoms. The van der Waals surface area contributed by atoms with Gasteiger partial charge in [0, 0.05) is 6.54 Å². The summed E-state index contributed by atoms with van der Waals surface area (Å²) in [6, 6.07) is 8.51. The monoisotopic (exact) mass is 298 g/mol. The molecular formula is C17H18N2O3. The van der Waals surface area contributed by atoms with Crippen LogP contribution >= 0.6 is 0 Å². The molecule has 0 unspecified atom stereocenters. The highest BCUT2D eigenvalue weighted by molar-refractivity contribution is 6.09. The molecule has 0 radical (unpaired) electrons. The van der Waals surface area contributed by atoms with Gasteiger partial charge in [0.1, 0.15) is 11.5 Å². The summed E-state index contributed by atoms with van der Waals surface area (Å²) in [4.78, 5) is 24.4. The summed E-state index contributed by atoms with van der Waals surface area (Å²) in [7, 11) is 0. The Morgan fingerprint density at radius 2 is 1.91 bits per heavy atom. The highest BCUT2D eigenvalue weighted by Gasteiger charge is 2.17. The molecule has 2 aromatic rings. The Morgan fingerprint density at radius 3 is 2.55 bits per heavy atom. The van der Waals surface area contributed by atoms with Crippen LogP contribution in [0.4, 0.5) is 5.69 Å². The fourth-order valence-electron chi connectivity index (χ4n) is 2.10. The van der Waals surface area contributed by atoms with Crippen LogP contribution in [-0.2, 0) is 0 Å². The predicted octanol–water partition coefficient (Wildman–Crippen LogP) is 3.06. The predicted molar refractivity (Wildman–Crippen MR) is 85.1 cm³/mol. The number of hydrogen-bond acceptors (Lipinski definition) is 3. The third kappa shape index (κ3) is 3.44. The fraction of sp³-hybridized carbons (Fsp3) is 0.176. The van der Waals surface area contributed by atoms with Crippen LogP contribution in [0.25, 0.3) is 0 Å². The molecule has 5 nitrogen and oxygen atoms in total. The molecule has 0 fully saturated rings. The zero-order chi connectivity index (χ0) is 16.1. The quantitative estimate of drug-likeness (QED) is 0.833. The van der Waals surface area contributed by atoms with E-state index in [4.69, 9.17) is 4.42 Å². The van der Waals surface area contributed by atoms with Gasteiger partial charge in [0.25, 0.3) is 11.8 Å². The van der Waals surface area contributed by atoms with E-state index in [1.807, 2.05) is 0 Å². The third-order valence-electron chi connectivity index (χ3n) is 3.11. The maximum Gasteiger partial charge on any atom is 0.259 e. The van der Waals surface area contributed by atoms with E-state index in [2.05, 4.69) is 17.2 Å². The van der Waals surface area contributed by atoms with Gasteiger partial charge in [0.2, 0.25) is 0 Å². The zero-order valence-electron chi connectivity index (χ0n) is 12.6. The van der Waals surface area contributed by atoms with Crippen molar-refractivity contribution in [1.29, 1.82) is 0 Å². The van der Waals surface area contributed by atoms with E-state index in [1.54, 1.807) is 50.3 Å². The minimum absolute atomic E-state index is 0.268. The van der Waals surface area contributed by atoms with Gasteiger partial charge in [0.05, 0.1) is 16.8 Å². The molecule has 0 atom stereocenters. The number of benzene rings is 1. The Balaban J connectivity index is 2.22. The van der Waals surface area contributed by atoms with Crippen LogP contribution in [0, 0.1) is 13.8 Å². The van der Waals surface area contributed by atoms with Crippen LogP contribution in [0.2, 0.25) is 0 Å². The van der Waals surface area contributed by atoms with E-state index in [0.717, 1.165) is 0 Å². The van der Waals surface area contributed by atoms with E-state index in [9.17, 15) is 9.59 Å². The van der Waals surface area contributed by atoms with Crippen LogP contribution < -0.4 is 10.6 Å². The molecule has 1 heterocycles. The Labute approximate surface area is 129 Å². The van der Waals surface area contributed by atoms with Gasteiger partial charge in [-0.2, -0.15) is 0 Å². The molecule has 1 aromatic carbocycles. The molecule has 22 heavy (non-hydrogen) atoms. The number of furan rings is 1. The van der Waals surface area contributed by atoms with E-state index in [-0.39, 0.29) is 11.8 Å². The van der Waals surface area contributed by atoms with E-state index in [0.29, 0.717) is 34.9 Å². The van der Waals surface area contributed by atoms with Crippen LogP contribution in [0.5, 0.6) is 0 Å². The van der Waals surface area contributed by atoms with E-state index < -0.39 is 0 Å². The molecule has 0 aliphatic carbocycles. The second-order valence-electron chi connectivity index (χ2n) is 4.83. The van der Waals surface area contributed by atoms with Gasteiger partial charge in [-0.25, -0.2) is 0 Å². The summed E-state index contributed by atoms with van der Waals surface area (Å²) in [5, 5.41) is 5.44. The molecule has 0 saturated heterocycles. The van der Waals surface area contributed by atoms with Crippen molar-refractivity contribution in [3.05, 3.63) is 65.6 Å². The van der Waals surface area contributed by atoms with Gasteiger partial charge in [0.15, 0.2) is 0 Å². The topological polar surface area (TPSA) is 71.3 Å². The molecule has 0 aliphatic rings. The van der Waals surface area contributed by atoms with Gasteiger partial charge in [-0.15, -0.1) is 6.58 Å². The number of carbonyl (C=O) groups is 2. The van der Waals surface area contributed by atoms with Crippen LogP contribution in [0.15, 0.2) is 47.4 Å². The molecule has 114 valence electrons. The summed E-state index contributed by atoms with van der Waals surface area (Å²) in [6.07, 6.45) is 1.59. The summed E-state index contributed by atoms with van der Waals surface area (Å²) in [5.74, 6) is 0.637. The van der Waals surface area contributed by atoms with Crippen LogP contribution in [0.1, 0.15) is 32.2 Å². The first kappa shape index (κ1) is 15.6. The van der Waals surface area contributed by atoms with Crippen LogP contribution in [-0.4, -0.2) is 18.4 Å². The molecule has 0 saturated carbocycles. The number of anilines is 1. The van der Waals surface area contributed by atoms with Crippen molar-refractivity contribution in [2.45, 2.75) is 13.8 Å². The second kappa shape index (κ2) is 6.76. The zero-order valence-corrected chi connectivity index (χ0v) is 12.6. The van der Waals surface area contributed by atoms with E-state index in [1.165, 1.54) is 0 Å². The molecule has 2 amide bonds. The number of para-hydroxylation sites is 1. The standard InChI is InChI=1S/C17H18N2O3/c1-4-9-18-16(20)13-7-5-6-8-15(13)19-17(21)14-10-11(2)22-12(14)3/h4-8,10H,1,9H2,2-3H3,(H,18,20)(H,19,21). The summed E-state index contributed by atoms with van der Waals surface area (Å²) >= 11 is 0. The number of aryl methyl sites for hydroxylation is 2. The third-order valence-corrected chi connectivity index (χ3v) is 3.11. The summed E-state index contributed by atoms with van der Waals surface area (Å²) in [5.41, 5.74) is 1.31. The summed E-state index contributed by atoms with van der Waals surface area (Å²) < 4.78 is 5.35. The maximum absolute atomic E-state index is 12.3. The highest BCUT2D eigenvalue weighted by atomic mass is 16.3. The number of nitrogens with one attached hydrogen (secondary N) is 2. The van der Waals surface area contributed by atoms with Gasteiger partial charge < -0.3 is 15.1 Å². The van der Waals surface area contributed by atoms with Gasteiger partial charge in [-0.05, 0) is 32.0 Å². The van der Waals surface area contributed by atoms with Crippen molar-refractivity contribution in [3.8, 4) is 0 Å². The van der Waals surface area contributed by atoms with Gasteiger partial charge in [-0.1, -0.05) is 18.2 Å². The Bertz CT molecular complexity index is 716. The minimum Gasteiger partial charge on any atom is -0.466 e. The molecule has 0 bridgehead atoms. The Morgan fingerprint density at radius 1 is 1.18 bits per heavy atom. The molecule has 1 aromatic heterocycles. The van der Waals surface area contributed by atoms with Crippen molar-refractivity contribution in [2.75, 3.05) is 11.9 Å². The largest absolute Gasteiger partial charge is 0.466 e. The lowest BCUT2D eigenvalue weighted by molar-refractivity contribution is 0.0959. The summed E-state index contributed by atoms with van der Waals surface area (Å²) in [6.45, 7) is 7.42. The molecule has 2 N–H and O–H groups in total. The average Bonchev–Trinajstić information content (AvgIpc) is 2.84. The van der Waals surface area contributed by atoms with Crippen molar-refractivity contribution in [3.63, 3.8) is 0 Å². The normalized spacial score (nSPS) is 10.1. The van der Waals surface area contributed by atoms with Crippen molar-refractivity contribution < 1.29 is 14.0 Å². The van der Waals surface area contributed by atoms with Gasteiger partial charge >= 0.3 is 0 Å². The first-order valence-corrected chi connectivity index (χ1v) is 6.89. The smallest absolute Gasteiger partial charge is 0.259 e. The highest BCUT2D eigenvalue weighted by Crippen LogP contribution is 2.19. The fourth-order valence-corrected chi connectivity index (χ4v) is 2.10. The minimum atomic E-state index is -0.307. The number of carbonyl (C=O) groups excluding carboxylic acids is 2. The molecular weight excluding hydrogens is 280 g/mol. The lowest BCUT2D eigenvalue weighted by Crippen LogP contribution is -2.25. The molecule has 0 spiro atoms. The average molecular weight is 298 g/mol. The lowest BCUT2D eigenvalue weighted by atomic mass is 10.1. The van der Waals surface area contributed by atoms with Crippen LogP contribution in [0.3, 0.4) is 0 Å². The van der Waals surface area contributed by atoms with Gasteiger partial charge in [-0.3, -0.25) is 9.59 Å². The van der Waals surface area contributed by atoms with Crippen molar-refractivity contribution in [1.82, 2.24) is 5.32 Å². The van der Waals surface area contributed by atoms with E-state index >= 15 is 0 Å². The molecule has 0 aliphatic heterocycles. The second-order valence-corrected chi connectivity index (χ2v) is 4.83. The number of rotatable bonds is 5. The lowest BCUT2D eigenvalue weighted by Gasteiger charge is -2.10. The Kier molecular flexibility index (Phi) is 4.78. The number of hydrogen-bond donors (Lipinski definition) is 2. The molecule has 2 rings (SSSR count). The first-order chi connectivity index (χ1) is 10.5. The maximum atomic E-state index is 12.3. The van der Waals surface area contributed by atoms with Crippen molar-refractivity contribution >= 4 is 17.5 Å². The number of amides is 2. The van der Waals surface area contributed by atoms with Crippen molar-refractivity contribution in [2.24, 2.45) is 0 Å². The SMILES string of the molecule is C=CCNC(=O)c1ccccc1NC(=O)c1cc(C)oc1C. The Hall–Kier alpha value is -2.82. The first-order valence-electron chi connectivity index (χ1n) is 6.89.